The molecule has 0 radical (unpaired) electrons. The molecule has 7 nitrogen and oxygen atoms in total. The molecule has 0 unspecified atom stereocenters. The molecule has 2 aliphatic heterocycles. The zero-order valence-corrected chi connectivity index (χ0v) is 22.6. The van der Waals surface area contributed by atoms with Gasteiger partial charge in [-0.2, -0.15) is 13.2 Å². The number of anilines is 1. The van der Waals surface area contributed by atoms with Crippen LogP contribution in [0, 0.1) is 11.8 Å². The van der Waals surface area contributed by atoms with Crippen LogP contribution in [0.2, 0.25) is 0 Å². The van der Waals surface area contributed by atoms with Gasteiger partial charge in [0.2, 0.25) is 5.91 Å². The van der Waals surface area contributed by atoms with Gasteiger partial charge in [-0.15, -0.1) is 0 Å². The average Bonchev–Trinajstić information content (AvgIpc) is 3.23. The maximum absolute atomic E-state index is 12.8. The quantitative estimate of drug-likeness (QED) is 0.457. The van der Waals surface area contributed by atoms with Gasteiger partial charge >= 0.3 is 12.3 Å². The molecule has 0 atom stereocenters. The summed E-state index contributed by atoms with van der Waals surface area (Å²) < 4.78 is 44.4. The summed E-state index contributed by atoms with van der Waals surface area (Å²) in [6.45, 7) is 3.69. The molecule has 0 bridgehead atoms. The second-order valence-corrected chi connectivity index (χ2v) is 11.6. The molecule has 2 saturated heterocycles. The van der Waals surface area contributed by atoms with Crippen LogP contribution >= 0.6 is 0 Å². The van der Waals surface area contributed by atoms with Crippen LogP contribution in [0.25, 0.3) is 0 Å². The van der Waals surface area contributed by atoms with E-state index in [1.165, 1.54) is 12.1 Å². The first-order valence-corrected chi connectivity index (χ1v) is 14.1. The molecule has 1 aliphatic carbocycles. The Morgan fingerprint density at radius 1 is 1.02 bits per heavy atom. The van der Waals surface area contributed by atoms with E-state index in [1.54, 1.807) is 0 Å². The fourth-order valence-corrected chi connectivity index (χ4v) is 6.23. The lowest BCUT2D eigenvalue weighted by Crippen LogP contribution is -2.46. The van der Waals surface area contributed by atoms with Crippen molar-refractivity contribution in [3.8, 4) is 0 Å². The predicted molar refractivity (Wildman–Crippen MR) is 145 cm³/mol. The Labute approximate surface area is 232 Å². The van der Waals surface area contributed by atoms with Gasteiger partial charge in [0.1, 0.15) is 5.60 Å². The van der Waals surface area contributed by atoms with Gasteiger partial charge in [0.15, 0.2) is 0 Å². The van der Waals surface area contributed by atoms with Gasteiger partial charge in [-0.1, -0.05) is 24.3 Å². The Kier molecular flexibility index (Phi) is 8.26. The van der Waals surface area contributed by atoms with E-state index in [2.05, 4.69) is 10.2 Å². The highest BCUT2D eigenvalue weighted by Crippen LogP contribution is 2.36. The monoisotopic (exact) mass is 558 g/mol. The number of nitrogen functional groups attached to an aromatic ring is 1. The van der Waals surface area contributed by atoms with Gasteiger partial charge in [0.05, 0.1) is 12.1 Å². The fraction of sp³-hybridized carbons (Fsp3) is 0.533. The topological polar surface area (TPSA) is 87.9 Å². The second-order valence-electron chi connectivity index (χ2n) is 11.6. The lowest BCUT2D eigenvalue weighted by Gasteiger charge is -2.37. The molecule has 216 valence electrons. The molecular formula is C30H37F3N4O3. The predicted octanol–water partition coefficient (Wildman–Crippen LogP) is 5.20. The van der Waals surface area contributed by atoms with Crippen LogP contribution in [0.1, 0.15) is 55.2 Å². The van der Waals surface area contributed by atoms with Crippen molar-refractivity contribution in [3.05, 3.63) is 65.2 Å². The summed E-state index contributed by atoms with van der Waals surface area (Å²) in [5.41, 5.74) is 7.17. The Morgan fingerprint density at radius 2 is 1.73 bits per heavy atom. The summed E-state index contributed by atoms with van der Waals surface area (Å²) in [6.07, 6.45) is 0.216. The third kappa shape index (κ3) is 6.89. The number of nitrogens with one attached hydrogen (secondary N) is 1. The van der Waals surface area contributed by atoms with Gasteiger partial charge < -0.3 is 20.7 Å². The van der Waals surface area contributed by atoms with Crippen molar-refractivity contribution >= 4 is 17.7 Å². The number of likely N-dealkylation sites (tertiary alicyclic amines) is 1. The maximum Gasteiger partial charge on any atom is 0.416 e. The van der Waals surface area contributed by atoms with E-state index in [-0.39, 0.29) is 17.9 Å². The van der Waals surface area contributed by atoms with Crippen LogP contribution in [0.3, 0.4) is 0 Å². The van der Waals surface area contributed by atoms with Crippen LogP contribution in [0.4, 0.5) is 23.7 Å². The van der Waals surface area contributed by atoms with E-state index in [4.69, 9.17) is 10.5 Å². The summed E-state index contributed by atoms with van der Waals surface area (Å²) in [5.74, 6) is 0.409. The zero-order chi connectivity index (χ0) is 28.3. The number of nitrogens with two attached hydrogens (primary N) is 1. The summed E-state index contributed by atoms with van der Waals surface area (Å²) in [7, 11) is 0. The van der Waals surface area contributed by atoms with E-state index in [0.29, 0.717) is 50.6 Å². The van der Waals surface area contributed by atoms with E-state index in [0.717, 1.165) is 62.0 Å². The first-order valence-electron chi connectivity index (χ1n) is 14.1. The Balaban J connectivity index is 1.04. The highest BCUT2D eigenvalue weighted by Gasteiger charge is 2.47. The molecule has 2 amide bonds. The molecule has 10 heteroatoms. The number of carbonyl (C=O) groups is 2. The van der Waals surface area contributed by atoms with E-state index >= 15 is 0 Å². The van der Waals surface area contributed by atoms with E-state index in [1.807, 2.05) is 29.2 Å². The molecule has 3 N–H and O–H groups in total. The number of rotatable bonds is 7. The molecule has 1 saturated carbocycles. The van der Waals surface area contributed by atoms with Crippen LogP contribution in [0.5, 0.6) is 0 Å². The van der Waals surface area contributed by atoms with Gasteiger partial charge in [-0.3, -0.25) is 9.69 Å². The number of alkyl halides is 3. The van der Waals surface area contributed by atoms with Crippen LogP contribution < -0.4 is 11.1 Å². The second kappa shape index (κ2) is 11.7. The molecule has 40 heavy (non-hydrogen) atoms. The summed E-state index contributed by atoms with van der Waals surface area (Å²) in [6, 6.07) is 12.8. The third-order valence-corrected chi connectivity index (χ3v) is 8.61. The lowest BCUT2D eigenvalue weighted by atomic mass is 9.81. The largest absolute Gasteiger partial charge is 0.441 e. The number of ether oxygens (including phenoxy) is 1. The normalized spacial score (nSPS) is 23.3. The van der Waals surface area contributed by atoms with E-state index < -0.39 is 17.3 Å². The Morgan fingerprint density at radius 3 is 2.38 bits per heavy atom. The molecule has 3 fully saturated rings. The number of piperidine rings is 1. The van der Waals surface area contributed by atoms with Crippen molar-refractivity contribution in [3.63, 3.8) is 0 Å². The third-order valence-electron chi connectivity index (χ3n) is 8.61. The van der Waals surface area contributed by atoms with Crippen LogP contribution in [-0.4, -0.2) is 53.6 Å². The number of benzene rings is 2. The fourth-order valence-electron chi connectivity index (χ4n) is 6.23. The van der Waals surface area contributed by atoms with Gasteiger partial charge in [-0.25, -0.2) is 4.79 Å². The number of amides is 2. The SMILES string of the molecule is Nc1cccc(CNC(=O)C2CCC(CN3CC4(CCN(Cc5ccc(C(F)(F)F)cc5)CC4)OC3=O)CC2)c1. The molecule has 0 aromatic heterocycles. The highest BCUT2D eigenvalue weighted by molar-refractivity contribution is 5.78. The molecular weight excluding hydrogens is 521 g/mol. The molecule has 3 aliphatic rings. The standard InChI is InChI=1S/C30H37F3N4O3/c31-30(32,33)25-10-6-21(7-11-25)18-36-14-12-29(13-15-36)20-37(28(39)40-29)19-22-4-8-24(9-5-22)27(38)35-17-23-2-1-3-26(34)16-23/h1-3,6-7,10-11,16,22,24H,4-5,8-9,12-15,17-20,34H2,(H,35,38). The van der Waals surface area contributed by atoms with Gasteiger partial charge in [0.25, 0.3) is 0 Å². The molecule has 2 aromatic carbocycles. The minimum atomic E-state index is -4.33. The first kappa shape index (κ1) is 28.3. The number of hydrogen-bond donors (Lipinski definition) is 2. The highest BCUT2D eigenvalue weighted by atomic mass is 19.4. The van der Waals surface area contributed by atoms with Crippen molar-refractivity contribution in [1.29, 1.82) is 0 Å². The lowest BCUT2D eigenvalue weighted by molar-refractivity contribution is -0.137. The smallest absolute Gasteiger partial charge is 0.416 e. The molecule has 1 spiro atoms. The Hall–Kier alpha value is -3.27. The summed E-state index contributed by atoms with van der Waals surface area (Å²) in [5, 5.41) is 3.03. The summed E-state index contributed by atoms with van der Waals surface area (Å²) >= 11 is 0. The number of nitrogens with zero attached hydrogens (tertiary/aromatic N) is 2. The van der Waals surface area contributed by atoms with Gasteiger partial charge in [-0.05, 0) is 67.0 Å². The minimum Gasteiger partial charge on any atom is -0.441 e. The summed E-state index contributed by atoms with van der Waals surface area (Å²) in [4.78, 5) is 29.5. The van der Waals surface area contributed by atoms with Crippen molar-refractivity contribution in [2.45, 2.75) is 63.4 Å². The average molecular weight is 559 g/mol. The van der Waals surface area contributed by atoms with Crippen molar-refractivity contribution in [2.75, 3.05) is 31.9 Å². The molecule has 2 aromatic rings. The number of hydrogen-bond acceptors (Lipinski definition) is 5. The van der Waals surface area contributed by atoms with Gasteiger partial charge in [0, 0.05) is 57.2 Å². The van der Waals surface area contributed by atoms with Crippen LogP contribution in [-0.2, 0) is 28.8 Å². The minimum absolute atomic E-state index is 0.0109. The van der Waals surface area contributed by atoms with Crippen molar-refractivity contribution < 1.29 is 27.5 Å². The molecule has 5 rings (SSSR count). The van der Waals surface area contributed by atoms with E-state index in [9.17, 15) is 22.8 Å². The molecule has 2 heterocycles. The number of halogens is 3. The maximum atomic E-state index is 12.8. The van der Waals surface area contributed by atoms with Crippen molar-refractivity contribution in [2.24, 2.45) is 11.8 Å². The van der Waals surface area contributed by atoms with Crippen molar-refractivity contribution in [1.82, 2.24) is 15.1 Å². The zero-order valence-electron chi connectivity index (χ0n) is 22.6. The van der Waals surface area contributed by atoms with Crippen LogP contribution in [0.15, 0.2) is 48.5 Å². The first-order chi connectivity index (χ1) is 19.1. The number of carbonyl (C=O) groups excluding carboxylic acids is 2. The Bertz CT molecular complexity index is 1190.